The molecule has 2 amide bonds. The number of amides is 2. The van der Waals surface area contributed by atoms with Gasteiger partial charge in [-0.25, -0.2) is 0 Å². The molecular weight excluding hydrogens is 1120 g/mol. The van der Waals surface area contributed by atoms with Crippen LogP contribution in [0.4, 0.5) is 22.7 Å². The van der Waals surface area contributed by atoms with Crippen LogP contribution < -0.4 is 31.2 Å². The van der Waals surface area contributed by atoms with Crippen molar-refractivity contribution in [1.82, 2.24) is 29.6 Å². The van der Waals surface area contributed by atoms with Crippen molar-refractivity contribution in [1.29, 1.82) is 0 Å². The van der Waals surface area contributed by atoms with Crippen molar-refractivity contribution in [2.24, 2.45) is 9.98 Å². The second kappa shape index (κ2) is 26.2. The summed E-state index contributed by atoms with van der Waals surface area (Å²) in [4.78, 5) is 101. The average molecular weight is 1200 g/mol. The van der Waals surface area contributed by atoms with Crippen molar-refractivity contribution in [2.75, 3.05) is 77.2 Å². The molecule has 88 heavy (non-hydrogen) atoms. The lowest BCUT2D eigenvalue weighted by Crippen LogP contribution is -2.43. The van der Waals surface area contributed by atoms with E-state index in [0.717, 1.165) is 130 Å². The van der Waals surface area contributed by atoms with E-state index >= 15 is 0 Å². The number of aryl methyl sites for hydroxylation is 4. The molecule has 0 spiro atoms. The molecular formula is C68H78N10O10. The third-order valence-corrected chi connectivity index (χ3v) is 17.5. The van der Waals surface area contributed by atoms with Crippen LogP contribution in [0.3, 0.4) is 0 Å². The highest BCUT2D eigenvalue weighted by atomic mass is 16.6. The number of aromatic nitrogens is 2. The first kappa shape index (κ1) is 60.8. The summed E-state index contributed by atoms with van der Waals surface area (Å²) in [5, 5.41) is 6.60. The van der Waals surface area contributed by atoms with Crippen LogP contribution in [0, 0.1) is 27.7 Å². The fourth-order valence-corrected chi connectivity index (χ4v) is 12.8. The Morgan fingerprint density at radius 2 is 0.955 bits per heavy atom. The standard InChI is InChI=1S/2C34H39N5O5/c2*1-20-5-6-31(21(2)13-20)43-19-26(44-22(3)40)17-36-28-7-10-35-33(41)32(28)30-15-23-14-27-24(16-29(23)37-30)18-39(34(27)42)25-8-11-38(4)12-9-25/h2*5-7,10,13-14,16,25-26H,8-9,11-12,15,17-19H2,1-4H3,(H2,35,36,41). The Kier molecular flexibility index (Phi) is 18.1. The van der Waals surface area contributed by atoms with Gasteiger partial charge in [-0.2, -0.15) is 0 Å². The van der Waals surface area contributed by atoms with Gasteiger partial charge in [0.1, 0.15) is 24.7 Å². The van der Waals surface area contributed by atoms with Crippen LogP contribution in [-0.2, 0) is 45.0 Å². The first-order valence-corrected chi connectivity index (χ1v) is 30.4. The first-order valence-electron chi connectivity index (χ1n) is 30.4. The van der Waals surface area contributed by atoms with Crippen LogP contribution in [0.25, 0.3) is 0 Å². The summed E-state index contributed by atoms with van der Waals surface area (Å²) >= 11 is 0. The SMILES string of the molecule is CC(=O)OC(CNc1cc[nH]c(=O)c1C1=Nc2cc3c(cc2C1)C(=O)N(C1CCN(C)CC1)C3)COc1ccc(C)cc1C.CC(=O)OC(CNc1cc[nH]c(=O)c1C1=Nc2cc3c(cc2C1)C(=O)N(C1CCN(C)CC1)C3)COc1ccc(C)cc1C. The zero-order valence-corrected chi connectivity index (χ0v) is 51.5. The second-order valence-corrected chi connectivity index (χ2v) is 24.3. The van der Waals surface area contributed by atoms with Gasteiger partial charge in [-0.1, -0.05) is 35.4 Å². The highest BCUT2D eigenvalue weighted by molar-refractivity contribution is 6.12. The number of piperidine rings is 2. The van der Waals surface area contributed by atoms with Crippen molar-refractivity contribution in [3.63, 3.8) is 0 Å². The Hall–Kier alpha value is -8.88. The number of anilines is 2. The Morgan fingerprint density at radius 3 is 1.33 bits per heavy atom. The number of ether oxygens (including phenoxy) is 4. The molecule has 20 nitrogen and oxygen atoms in total. The molecule has 0 saturated carbocycles. The lowest BCUT2D eigenvalue weighted by Gasteiger charge is -2.34. The van der Waals surface area contributed by atoms with Gasteiger partial charge in [0.2, 0.25) is 0 Å². The van der Waals surface area contributed by atoms with Gasteiger partial charge in [-0.05, 0) is 176 Å². The molecule has 2 aromatic heterocycles. The molecule has 20 heteroatoms. The van der Waals surface area contributed by atoms with E-state index in [-0.39, 0.29) is 61.3 Å². The summed E-state index contributed by atoms with van der Waals surface area (Å²) in [7, 11) is 4.24. The maximum atomic E-state index is 13.4. The number of nitrogens with one attached hydrogen (secondary N) is 4. The van der Waals surface area contributed by atoms with E-state index in [2.05, 4.69) is 44.5 Å². The van der Waals surface area contributed by atoms with Gasteiger partial charge in [0.15, 0.2) is 12.2 Å². The molecule has 2 atom stereocenters. The number of rotatable bonds is 18. The third kappa shape index (κ3) is 13.6. The number of likely N-dealkylation sites (tertiary alicyclic amines) is 2. The molecule has 6 aliphatic rings. The second-order valence-electron chi connectivity index (χ2n) is 24.3. The molecule has 2 fully saturated rings. The summed E-state index contributed by atoms with van der Waals surface area (Å²) < 4.78 is 23.1. The number of pyridine rings is 2. The Labute approximate surface area is 512 Å². The zero-order chi connectivity index (χ0) is 61.9. The number of carbonyl (C=O) groups is 4. The number of aliphatic imine (C=N–C) groups is 2. The van der Waals surface area contributed by atoms with E-state index in [4.69, 9.17) is 28.9 Å². The summed E-state index contributed by atoms with van der Waals surface area (Å²) in [6.07, 6.45) is 6.80. The van der Waals surface area contributed by atoms with Gasteiger partial charge in [-0.3, -0.25) is 38.8 Å². The van der Waals surface area contributed by atoms with Crippen molar-refractivity contribution in [3.8, 4) is 11.5 Å². The smallest absolute Gasteiger partial charge is 0.303 e. The number of hydrogen-bond acceptors (Lipinski definition) is 16. The monoisotopic (exact) mass is 1190 g/mol. The van der Waals surface area contributed by atoms with Gasteiger partial charge in [0, 0.05) is 75.4 Å². The average Bonchev–Trinajstić information content (AvgIpc) is 2.10. The lowest BCUT2D eigenvalue weighted by molar-refractivity contribution is -0.148. The maximum Gasteiger partial charge on any atom is 0.303 e. The van der Waals surface area contributed by atoms with Crippen LogP contribution in [0.1, 0.15) is 116 Å². The largest absolute Gasteiger partial charge is 0.489 e. The number of H-pyrrole nitrogens is 2. The summed E-state index contributed by atoms with van der Waals surface area (Å²) in [6, 6.07) is 23.9. The number of fused-ring (bicyclic) bond motifs is 4. The topological polar surface area (TPSA) is 233 Å². The maximum absolute atomic E-state index is 13.4. The number of hydrogen-bond donors (Lipinski definition) is 4. The quantitative estimate of drug-likeness (QED) is 0.0594. The molecule has 4 aromatic carbocycles. The highest BCUT2D eigenvalue weighted by Crippen LogP contribution is 2.39. The molecule has 4 N–H and O–H groups in total. The van der Waals surface area contributed by atoms with Gasteiger partial charge in [-0.15, -0.1) is 0 Å². The number of esters is 2. The zero-order valence-electron chi connectivity index (χ0n) is 51.5. The molecule has 0 aliphatic carbocycles. The van der Waals surface area contributed by atoms with Crippen molar-refractivity contribution < 1.29 is 38.1 Å². The van der Waals surface area contributed by atoms with Gasteiger partial charge in [0.05, 0.1) is 58.4 Å². The predicted molar refractivity (Wildman–Crippen MR) is 339 cm³/mol. The van der Waals surface area contributed by atoms with Gasteiger partial charge < -0.3 is 59.1 Å². The van der Waals surface area contributed by atoms with E-state index in [1.165, 1.54) is 13.8 Å². The Morgan fingerprint density at radius 1 is 0.557 bits per heavy atom. The Bertz CT molecular complexity index is 3620. The van der Waals surface area contributed by atoms with E-state index in [1.54, 1.807) is 24.5 Å². The summed E-state index contributed by atoms with van der Waals surface area (Å²) in [5.74, 6) is 0.792. The van der Waals surface area contributed by atoms with Crippen LogP contribution in [-0.4, -0.2) is 156 Å². The van der Waals surface area contributed by atoms with Crippen LogP contribution in [0.5, 0.6) is 11.5 Å². The minimum absolute atomic E-state index is 0.0882. The number of benzene rings is 4. The predicted octanol–water partition coefficient (Wildman–Crippen LogP) is 8.28. The molecule has 2 unspecified atom stereocenters. The summed E-state index contributed by atoms with van der Waals surface area (Å²) in [5.41, 5.74) is 14.0. The van der Waals surface area contributed by atoms with E-state index < -0.39 is 24.1 Å². The van der Waals surface area contributed by atoms with Crippen molar-refractivity contribution in [3.05, 3.63) is 173 Å². The molecule has 8 heterocycles. The number of aromatic amines is 2. The van der Waals surface area contributed by atoms with Crippen LogP contribution in [0.15, 0.2) is 105 Å². The van der Waals surface area contributed by atoms with E-state index in [9.17, 15) is 28.8 Å². The minimum Gasteiger partial charge on any atom is -0.489 e. The van der Waals surface area contributed by atoms with Crippen LogP contribution >= 0.6 is 0 Å². The van der Waals surface area contributed by atoms with Crippen molar-refractivity contribution >= 4 is 57.9 Å². The van der Waals surface area contributed by atoms with Gasteiger partial charge in [0.25, 0.3) is 22.9 Å². The molecule has 0 radical (unpaired) electrons. The fraction of sp³-hybridized carbons (Fsp3) is 0.412. The van der Waals surface area contributed by atoms with Crippen molar-refractivity contribution in [2.45, 2.75) is 117 Å². The molecule has 0 bridgehead atoms. The van der Waals surface area contributed by atoms with Gasteiger partial charge >= 0.3 is 11.9 Å². The molecule has 2 saturated heterocycles. The number of nitrogens with zero attached hydrogens (tertiary/aromatic N) is 6. The highest BCUT2D eigenvalue weighted by Gasteiger charge is 2.38. The molecule has 12 rings (SSSR count). The molecule has 460 valence electrons. The normalized spacial score (nSPS) is 17.2. The number of carbonyl (C=O) groups excluding carboxylic acids is 4. The van der Waals surface area contributed by atoms with E-state index in [0.29, 0.717) is 59.9 Å². The third-order valence-electron chi connectivity index (χ3n) is 17.5. The summed E-state index contributed by atoms with van der Waals surface area (Å²) in [6.45, 7) is 16.7. The fourth-order valence-electron chi connectivity index (χ4n) is 12.8. The van der Waals surface area contributed by atoms with E-state index in [1.807, 2.05) is 98.2 Å². The van der Waals surface area contributed by atoms with Crippen LogP contribution in [0.2, 0.25) is 0 Å². The first-order chi connectivity index (χ1) is 42.3. The lowest BCUT2D eigenvalue weighted by atomic mass is 10.00. The molecule has 6 aliphatic heterocycles. The minimum atomic E-state index is -0.593. The molecule has 6 aromatic rings. The Balaban J connectivity index is 0.000000182.